The molecule has 1 aliphatic heterocycles. The van der Waals surface area contributed by atoms with Gasteiger partial charge in [-0.2, -0.15) is 0 Å². The molecule has 0 aromatic heterocycles. The molecule has 3 heteroatoms. The summed E-state index contributed by atoms with van der Waals surface area (Å²) in [4.78, 5) is 2.42. The zero-order valence-corrected chi connectivity index (χ0v) is 12.1. The van der Waals surface area contributed by atoms with Gasteiger partial charge in [-0.25, -0.2) is 0 Å². The number of nitrogens with zero attached hydrogens (tertiary/aromatic N) is 1. The van der Waals surface area contributed by atoms with Crippen LogP contribution < -0.4 is 5.73 Å². The number of likely N-dealkylation sites (N-methyl/N-ethyl adjacent to an activating group) is 1. The first-order chi connectivity index (χ1) is 9.16. The maximum absolute atomic E-state index is 6.06. The Balaban J connectivity index is 1.94. The van der Waals surface area contributed by atoms with Gasteiger partial charge in [-0.15, -0.1) is 0 Å². The van der Waals surface area contributed by atoms with E-state index < -0.39 is 0 Å². The molecule has 2 N–H and O–H groups in total. The Hall–Kier alpha value is -0.900. The standard InChI is InChI=1S/C16H26N2O/c1-16(13-17,15-9-11-19-12-15)18(2)10-8-14-6-4-3-5-7-14/h3-7,15H,8-13,17H2,1-2H3. The van der Waals surface area contributed by atoms with E-state index in [-0.39, 0.29) is 5.54 Å². The van der Waals surface area contributed by atoms with E-state index in [2.05, 4.69) is 49.2 Å². The number of ether oxygens (including phenoxy) is 1. The van der Waals surface area contributed by atoms with Gasteiger partial charge < -0.3 is 10.5 Å². The van der Waals surface area contributed by atoms with Gasteiger partial charge in [0.05, 0.1) is 6.61 Å². The maximum Gasteiger partial charge on any atom is 0.0513 e. The van der Waals surface area contributed by atoms with Crippen LogP contribution in [0.3, 0.4) is 0 Å². The van der Waals surface area contributed by atoms with Crippen LogP contribution in [0.2, 0.25) is 0 Å². The van der Waals surface area contributed by atoms with Gasteiger partial charge in [-0.05, 0) is 32.4 Å². The number of nitrogens with two attached hydrogens (primary N) is 1. The summed E-state index contributed by atoms with van der Waals surface area (Å²) < 4.78 is 5.54. The highest BCUT2D eigenvalue weighted by Crippen LogP contribution is 2.29. The molecule has 2 unspecified atom stereocenters. The van der Waals surface area contributed by atoms with Gasteiger partial charge in [0.2, 0.25) is 0 Å². The van der Waals surface area contributed by atoms with Crippen molar-refractivity contribution in [3.8, 4) is 0 Å². The average Bonchev–Trinajstić information content (AvgIpc) is 2.99. The van der Waals surface area contributed by atoms with Gasteiger partial charge in [-0.1, -0.05) is 30.3 Å². The van der Waals surface area contributed by atoms with Gasteiger partial charge in [0.25, 0.3) is 0 Å². The molecule has 3 nitrogen and oxygen atoms in total. The SMILES string of the molecule is CN(CCc1ccccc1)C(C)(CN)C1CCOC1. The molecule has 2 atom stereocenters. The first-order valence-electron chi connectivity index (χ1n) is 7.20. The van der Waals surface area contributed by atoms with Crippen LogP contribution in [0.15, 0.2) is 30.3 Å². The molecule has 1 aromatic rings. The van der Waals surface area contributed by atoms with Crippen LogP contribution in [-0.4, -0.2) is 43.8 Å². The fourth-order valence-corrected chi connectivity index (χ4v) is 2.86. The van der Waals surface area contributed by atoms with Crippen molar-refractivity contribution in [2.24, 2.45) is 11.7 Å². The quantitative estimate of drug-likeness (QED) is 0.851. The van der Waals surface area contributed by atoms with E-state index in [1.807, 2.05) is 0 Å². The molecule has 1 heterocycles. The van der Waals surface area contributed by atoms with Crippen LogP contribution in [0.4, 0.5) is 0 Å². The number of benzene rings is 1. The van der Waals surface area contributed by atoms with Crippen molar-refractivity contribution in [3.63, 3.8) is 0 Å². The fourth-order valence-electron chi connectivity index (χ4n) is 2.86. The van der Waals surface area contributed by atoms with E-state index in [0.717, 1.165) is 32.6 Å². The normalized spacial score (nSPS) is 22.6. The van der Waals surface area contributed by atoms with Crippen molar-refractivity contribution >= 4 is 0 Å². The molecule has 0 aliphatic carbocycles. The third kappa shape index (κ3) is 3.35. The first kappa shape index (κ1) is 14.5. The molecule has 1 saturated heterocycles. The molecule has 0 saturated carbocycles. The smallest absolute Gasteiger partial charge is 0.0513 e. The zero-order valence-electron chi connectivity index (χ0n) is 12.1. The predicted molar refractivity (Wildman–Crippen MR) is 79.2 cm³/mol. The van der Waals surface area contributed by atoms with Crippen molar-refractivity contribution < 1.29 is 4.74 Å². The topological polar surface area (TPSA) is 38.5 Å². The Morgan fingerprint density at radius 2 is 2.11 bits per heavy atom. The van der Waals surface area contributed by atoms with Crippen LogP contribution >= 0.6 is 0 Å². The average molecular weight is 262 g/mol. The van der Waals surface area contributed by atoms with Crippen molar-refractivity contribution in [1.29, 1.82) is 0 Å². The van der Waals surface area contributed by atoms with E-state index in [9.17, 15) is 0 Å². The zero-order chi connectivity index (χ0) is 13.7. The lowest BCUT2D eigenvalue weighted by Crippen LogP contribution is -2.55. The fraction of sp³-hybridized carbons (Fsp3) is 0.625. The van der Waals surface area contributed by atoms with Gasteiger partial charge in [0.15, 0.2) is 0 Å². The summed E-state index contributed by atoms with van der Waals surface area (Å²) in [6.07, 6.45) is 2.20. The molecule has 1 aliphatic rings. The summed E-state index contributed by atoms with van der Waals surface area (Å²) in [5, 5.41) is 0. The molecule has 0 spiro atoms. The second-order valence-corrected chi connectivity index (χ2v) is 5.78. The lowest BCUT2D eigenvalue weighted by Gasteiger charge is -2.42. The highest BCUT2D eigenvalue weighted by atomic mass is 16.5. The number of hydrogen-bond donors (Lipinski definition) is 1. The Morgan fingerprint density at radius 1 is 1.37 bits per heavy atom. The van der Waals surface area contributed by atoms with Crippen molar-refractivity contribution in [2.75, 3.05) is 33.4 Å². The summed E-state index contributed by atoms with van der Waals surface area (Å²) in [7, 11) is 2.19. The second-order valence-electron chi connectivity index (χ2n) is 5.78. The molecule has 0 amide bonds. The largest absolute Gasteiger partial charge is 0.381 e. The molecule has 2 rings (SSSR count). The minimum absolute atomic E-state index is 0.0469. The minimum Gasteiger partial charge on any atom is -0.381 e. The van der Waals surface area contributed by atoms with E-state index in [4.69, 9.17) is 10.5 Å². The van der Waals surface area contributed by atoms with Crippen LogP contribution in [0.25, 0.3) is 0 Å². The third-order valence-corrected chi connectivity index (χ3v) is 4.67. The molecular formula is C16H26N2O. The van der Waals surface area contributed by atoms with Crippen molar-refractivity contribution in [2.45, 2.75) is 25.3 Å². The molecule has 0 bridgehead atoms. The van der Waals surface area contributed by atoms with Gasteiger partial charge in [-0.3, -0.25) is 4.90 Å². The van der Waals surface area contributed by atoms with Gasteiger partial charge >= 0.3 is 0 Å². The summed E-state index contributed by atoms with van der Waals surface area (Å²) in [5.41, 5.74) is 7.49. The van der Waals surface area contributed by atoms with Crippen LogP contribution in [0.1, 0.15) is 18.9 Å². The Labute approximate surface area is 116 Å². The van der Waals surface area contributed by atoms with Crippen LogP contribution in [0, 0.1) is 5.92 Å². The number of hydrogen-bond acceptors (Lipinski definition) is 3. The molecule has 106 valence electrons. The lowest BCUT2D eigenvalue weighted by molar-refractivity contribution is 0.0676. The Kier molecular flexibility index (Phi) is 4.97. The highest BCUT2D eigenvalue weighted by molar-refractivity contribution is 5.15. The molecular weight excluding hydrogens is 236 g/mol. The molecule has 1 fully saturated rings. The predicted octanol–water partition coefficient (Wildman–Crippen LogP) is 1.91. The van der Waals surface area contributed by atoms with E-state index in [1.54, 1.807) is 0 Å². The lowest BCUT2D eigenvalue weighted by atomic mass is 9.83. The van der Waals surface area contributed by atoms with Crippen molar-refractivity contribution in [3.05, 3.63) is 35.9 Å². The Bertz CT molecular complexity index is 376. The molecule has 1 aromatic carbocycles. The van der Waals surface area contributed by atoms with Gasteiger partial charge in [0, 0.05) is 31.2 Å². The van der Waals surface area contributed by atoms with Crippen LogP contribution in [0.5, 0.6) is 0 Å². The van der Waals surface area contributed by atoms with E-state index >= 15 is 0 Å². The molecule has 19 heavy (non-hydrogen) atoms. The summed E-state index contributed by atoms with van der Waals surface area (Å²) in [6, 6.07) is 10.6. The maximum atomic E-state index is 6.06. The first-order valence-corrected chi connectivity index (χ1v) is 7.20. The van der Waals surface area contributed by atoms with Crippen LogP contribution in [-0.2, 0) is 11.2 Å². The Morgan fingerprint density at radius 3 is 2.68 bits per heavy atom. The van der Waals surface area contributed by atoms with Gasteiger partial charge in [0.1, 0.15) is 0 Å². The minimum atomic E-state index is 0.0469. The summed E-state index contributed by atoms with van der Waals surface area (Å²) >= 11 is 0. The molecule has 0 radical (unpaired) electrons. The summed E-state index contributed by atoms with van der Waals surface area (Å²) in [6.45, 7) is 5.73. The van der Waals surface area contributed by atoms with Crippen molar-refractivity contribution in [1.82, 2.24) is 4.90 Å². The van der Waals surface area contributed by atoms with E-state index in [0.29, 0.717) is 12.5 Å². The third-order valence-electron chi connectivity index (χ3n) is 4.67. The number of rotatable bonds is 6. The highest BCUT2D eigenvalue weighted by Gasteiger charge is 2.38. The monoisotopic (exact) mass is 262 g/mol. The second kappa shape index (κ2) is 6.51. The van der Waals surface area contributed by atoms with E-state index in [1.165, 1.54) is 5.56 Å². The summed E-state index contributed by atoms with van der Waals surface area (Å²) in [5.74, 6) is 0.554.